The predicted octanol–water partition coefficient (Wildman–Crippen LogP) is 5.82. The van der Waals surface area contributed by atoms with Gasteiger partial charge in [0, 0.05) is 6.20 Å². The van der Waals surface area contributed by atoms with Gasteiger partial charge >= 0.3 is 0 Å². The lowest BCUT2D eigenvalue weighted by atomic mass is 9.98. The van der Waals surface area contributed by atoms with Crippen molar-refractivity contribution in [3.05, 3.63) is 93.2 Å². The molecule has 8 heteroatoms. The maximum absolute atomic E-state index is 14.0. The monoisotopic (exact) mass is 502 g/mol. The number of carbonyl (C=O) groups is 1. The second-order valence-corrected chi connectivity index (χ2v) is 9.52. The molecule has 1 amide bonds. The Kier molecular flexibility index (Phi) is 6.41. The van der Waals surface area contributed by atoms with Crippen LogP contribution >= 0.6 is 0 Å². The molecule has 3 heterocycles. The highest BCUT2D eigenvalue weighted by atomic mass is 19.1. The summed E-state index contributed by atoms with van der Waals surface area (Å²) >= 11 is 0. The molecule has 0 aliphatic carbocycles. The van der Waals surface area contributed by atoms with E-state index in [4.69, 9.17) is 13.9 Å². The molecule has 1 aliphatic heterocycles. The number of halogens is 1. The highest BCUT2D eigenvalue weighted by Crippen LogP contribution is 2.43. The summed E-state index contributed by atoms with van der Waals surface area (Å²) in [6.07, 6.45) is 2.48. The van der Waals surface area contributed by atoms with Crippen molar-refractivity contribution in [2.45, 2.75) is 33.2 Å². The first-order valence-corrected chi connectivity index (χ1v) is 12.1. The van der Waals surface area contributed by atoms with E-state index in [1.54, 1.807) is 30.5 Å². The summed E-state index contributed by atoms with van der Waals surface area (Å²) in [5.41, 5.74) is 1.29. The molecule has 0 fully saturated rings. The summed E-state index contributed by atoms with van der Waals surface area (Å²) in [6, 6.07) is 11.7. The van der Waals surface area contributed by atoms with Gasteiger partial charge in [-0.05, 0) is 72.9 Å². The molecule has 1 aliphatic rings. The number of aryl methyl sites for hydroxylation is 1. The number of hydrogen-bond donors (Lipinski definition) is 0. The number of anilines is 1. The van der Waals surface area contributed by atoms with E-state index >= 15 is 0 Å². The number of benzene rings is 2. The molecule has 190 valence electrons. The van der Waals surface area contributed by atoms with Crippen LogP contribution in [-0.4, -0.2) is 24.6 Å². The van der Waals surface area contributed by atoms with Gasteiger partial charge in [-0.3, -0.25) is 14.5 Å². The van der Waals surface area contributed by atoms with Crippen LogP contribution in [0.4, 0.5) is 10.2 Å². The van der Waals surface area contributed by atoms with Crippen LogP contribution in [-0.2, 0) is 0 Å². The second-order valence-electron chi connectivity index (χ2n) is 9.52. The second kappa shape index (κ2) is 9.69. The van der Waals surface area contributed by atoms with Crippen LogP contribution in [0.2, 0.25) is 0 Å². The number of rotatable bonds is 7. The third-order valence-corrected chi connectivity index (χ3v) is 6.44. The van der Waals surface area contributed by atoms with Gasteiger partial charge in [0.2, 0.25) is 5.76 Å². The zero-order valence-electron chi connectivity index (χ0n) is 21.1. The van der Waals surface area contributed by atoms with Gasteiger partial charge in [-0.25, -0.2) is 9.37 Å². The number of amides is 1. The smallest absolute Gasteiger partial charge is 0.296 e. The minimum absolute atomic E-state index is 0.0659. The molecule has 1 unspecified atom stereocenters. The largest absolute Gasteiger partial charge is 0.493 e. The highest BCUT2D eigenvalue weighted by Gasteiger charge is 2.44. The summed E-state index contributed by atoms with van der Waals surface area (Å²) in [5, 5.41) is 0.0659. The third-order valence-electron chi connectivity index (χ3n) is 6.44. The Morgan fingerprint density at radius 3 is 2.62 bits per heavy atom. The quantitative estimate of drug-likeness (QED) is 0.317. The number of carbonyl (C=O) groups excluding carboxylic acids is 1. The number of methoxy groups -OCH3 is 1. The van der Waals surface area contributed by atoms with Gasteiger partial charge in [0.05, 0.1) is 30.7 Å². The van der Waals surface area contributed by atoms with Crippen molar-refractivity contribution in [1.29, 1.82) is 0 Å². The molecule has 4 aromatic rings. The van der Waals surface area contributed by atoms with Gasteiger partial charge in [0.1, 0.15) is 17.2 Å². The third kappa shape index (κ3) is 4.43. The highest BCUT2D eigenvalue weighted by molar-refractivity contribution is 6.10. The summed E-state index contributed by atoms with van der Waals surface area (Å²) in [4.78, 5) is 33.2. The summed E-state index contributed by atoms with van der Waals surface area (Å²) < 4.78 is 31.5. The van der Waals surface area contributed by atoms with E-state index in [9.17, 15) is 14.0 Å². The molecule has 1 atom stereocenters. The average molecular weight is 503 g/mol. The summed E-state index contributed by atoms with van der Waals surface area (Å²) in [6.45, 7) is 6.65. The van der Waals surface area contributed by atoms with Gasteiger partial charge in [0.25, 0.3) is 5.91 Å². The molecular weight excluding hydrogens is 475 g/mol. The lowest BCUT2D eigenvalue weighted by Gasteiger charge is -2.25. The first-order valence-electron chi connectivity index (χ1n) is 12.1. The molecule has 0 saturated heterocycles. The normalized spacial score (nSPS) is 14.9. The fourth-order valence-electron chi connectivity index (χ4n) is 4.53. The summed E-state index contributed by atoms with van der Waals surface area (Å²) in [7, 11) is 1.53. The fraction of sp³-hybridized carbons (Fsp3) is 0.276. The van der Waals surface area contributed by atoms with Gasteiger partial charge < -0.3 is 13.9 Å². The molecule has 37 heavy (non-hydrogen) atoms. The summed E-state index contributed by atoms with van der Waals surface area (Å²) in [5.74, 6) is 0.723. The number of aromatic nitrogens is 1. The Labute approximate surface area is 213 Å². The van der Waals surface area contributed by atoms with Gasteiger partial charge in [-0.15, -0.1) is 0 Å². The number of pyridine rings is 1. The van der Waals surface area contributed by atoms with Crippen molar-refractivity contribution < 1.29 is 23.1 Å². The van der Waals surface area contributed by atoms with Crippen molar-refractivity contribution >= 4 is 22.7 Å². The molecular formula is C29H27FN2O5. The van der Waals surface area contributed by atoms with E-state index in [-0.39, 0.29) is 22.3 Å². The van der Waals surface area contributed by atoms with Crippen LogP contribution in [0.5, 0.6) is 11.5 Å². The lowest BCUT2D eigenvalue weighted by molar-refractivity contribution is 0.0970. The Bertz CT molecular complexity index is 1560. The molecule has 0 spiro atoms. The van der Waals surface area contributed by atoms with Crippen LogP contribution in [0.1, 0.15) is 53.6 Å². The number of nitrogens with zero attached hydrogens (tertiary/aromatic N) is 2. The van der Waals surface area contributed by atoms with Crippen LogP contribution in [0, 0.1) is 18.7 Å². The van der Waals surface area contributed by atoms with Crippen LogP contribution in [0.3, 0.4) is 0 Å². The predicted molar refractivity (Wildman–Crippen MR) is 138 cm³/mol. The van der Waals surface area contributed by atoms with Crippen molar-refractivity contribution in [3.63, 3.8) is 0 Å². The van der Waals surface area contributed by atoms with Gasteiger partial charge in [-0.2, -0.15) is 0 Å². The first-order chi connectivity index (χ1) is 17.8. The van der Waals surface area contributed by atoms with Crippen molar-refractivity contribution in [2.75, 3.05) is 18.6 Å². The van der Waals surface area contributed by atoms with Gasteiger partial charge in [-0.1, -0.05) is 19.9 Å². The SMILES string of the molecule is COc1cc(C2c3c(oc4ccc(F)cc4c3=O)C(=O)N2c2cc(C)ccn2)ccc1OCCC(C)C. The Hall–Kier alpha value is -4.20. The zero-order valence-corrected chi connectivity index (χ0v) is 21.1. The van der Waals surface area contributed by atoms with Crippen molar-refractivity contribution in [1.82, 2.24) is 4.98 Å². The fourth-order valence-corrected chi connectivity index (χ4v) is 4.53. The van der Waals surface area contributed by atoms with Crippen LogP contribution < -0.4 is 19.8 Å². The molecule has 0 bridgehead atoms. The Morgan fingerprint density at radius 2 is 1.89 bits per heavy atom. The average Bonchev–Trinajstić information content (AvgIpc) is 3.17. The molecule has 7 nitrogen and oxygen atoms in total. The van der Waals surface area contributed by atoms with Crippen molar-refractivity contribution in [2.24, 2.45) is 5.92 Å². The molecule has 2 aromatic carbocycles. The standard InChI is InChI=1S/C29H27FN2O5/c1-16(2)10-12-36-22-7-5-18(14-23(22)35-4)26-25-27(33)20-15-19(30)6-8-21(20)37-28(25)29(34)32(26)24-13-17(3)9-11-31-24/h5-9,11,13-16,26H,10,12H2,1-4H3. The first kappa shape index (κ1) is 24.5. The van der Waals surface area contributed by atoms with E-state index in [2.05, 4.69) is 18.8 Å². The minimum atomic E-state index is -0.862. The van der Waals surface area contributed by atoms with E-state index in [0.29, 0.717) is 35.4 Å². The van der Waals surface area contributed by atoms with E-state index in [1.165, 1.54) is 24.1 Å². The van der Waals surface area contributed by atoms with Crippen molar-refractivity contribution in [3.8, 4) is 11.5 Å². The maximum atomic E-state index is 14.0. The topological polar surface area (TPSA) is 81.9 Å². The van der Waals surface area contributed by atoms with E-state index < -0.39 is 23.2 Å². The zero-order chi connectivity index (χ0) is 26.3. The molecule has 5 rings (SSSR count). The van der Waals surface area contributed by atoms with E-state index in [0.717, 1.165) is 18.1 Å². The van der Waals surface area contributed by atoms with Crippen LogP contribution in [0.25, 0.3) is 11.0 Å². The molecule has 0 radical (unpaired) electrons. The number of hydrogen-bond acceptors (Lipinski definition) is 6. The molecule has 0 saturated carbocycles. The van der Waals surface area contributed by atoms with Crippen LogP contribution in [0.15, 0.2) is 63.9 Å². The maximum Gasteiger partial charge on any atom is 0.296 e. The number of ether oxygens (including phenoxy) is 2. The molecule has 2 aromatic heterocycles. The Morgan fingerprint density at radius 1 is 1.08 bits per heavy atom. The lowest BCUT2D eigenvalue weighted by Crippen LogP contribution is -2.30. The minimum Gasteiger partial charge on any atom is -0.493 e. The number of fused-ring (bicyclic) bond motifs is 2. The van der Waals surface area contributed by atoms with E-state index in [1.807, 2.05) is 13.0 Å². The Balaban J connectivity index is 1.69. The van der Waals surface area contributed by atoms with Gasteiger partial charge in [0.15, 0.2) is 16.9 Å². The molecule has 0 N–H and O–H groups in total.